The number of carbonyl (C=O) groups excluding carboxylic acids is 1. The number of sulfonamides is 1. The second-order valence-corrected chi connectivity index (χ2v) is 5.47. The molecule has 0 bridgehead atoms. The highest BCUT2D eigenvalue weighted by atomic mass is 32.2. The first kappa shape index (κ1) is 15.3. The van der Waals surface area contributed by atoms with Gasteiger partial charge in [-0.05, 0) is 12.8 Å². The quantitative estimate of drug-likeness (QED) is 0.501. The van der Waals surface area contributed by atoms with Gasteiger partial charge >= 0.3 is 5.97 Å². The van der Waals surface area contributed by atoms with Gasteiger partial charge in [-0.3, -0.25) is 9.63 Å². The summed E-state index contributed by atoms with van der Waals surface area (Å²) in [5, 5.41) is 0. The zero-order valence-electron chi connectivity index (χ0n) is 9.86. The van der Waals surface area contributed by atoms with Crippen molar-refractivity contribution in [3.63, 3.8) is 0 Å². The van der Waals surface area contributed by atoms with Crippen molar-refractivity contribution in [2.75, 3.05) is 19.0 Å². The maximum atomic E-state index is 11.3. The molecule has 0 aromatic heterocycles. The fourth-order valence-electron chi connectivity index (χ4n) is 0.783. The molecule has 0 heterocycles. The van der Waals surface area contributed by atoms with E-state index in [1.165, 1.54) is 0 Å². The van der Waals surface area contributed by atoms with E-state index in [0.717, 1.165) is 0 Å². The Hall–Kier alpha value is -0.660. The van der Waals surface area contributed by atoms with Gasteiger partial charge in [0.2, 0.25) is 10.0 Å². The molecule has 0 rings (SSSR count). The van der Waals surface area contributed by atoms with E-state index in [2.05, 4.69) is 4.74 Å². The van der Waals surface area contributed by atoms with Crippen LogP contribution in [0.15, 0.2) is 0 Å². The van der Waals surface area contributed by atoms with Gasteiger partial charge in [0, 0.05) is 0 Å². The number of carbonyl (C=O) groups is 1. The van der Waals surface area contributed by atoms with Gasteiger partial charge < -0.3 is 4.74 Å². The van der Waals surface area contributed by atoms with Gasteiger partial charge in [-0.1, -0.05) is 18.7 Å². The molecule has 1 N–H and O–H groups in total. The normalized spacial score (nSPS) is 11.8. The van der Waals surface area contributed by atoms with Crippen LogP contribution < -0.4 is 4.89 Å². The molecule has 0 aliphatic heterocycles. The molecule has 0 saturated heterocycles. The number of nitrogens with one attached hydrogen (secondary N) is 1. The third-order valence-corrected chi connectivity index (χ3v) is 2.60. The van der Waals surface area contributed by atoms with Crippen LogP contribution in [0.5, 0.6) is 0 Å². The maximum absolute atomic E-state index is 11.3. The van der Waals surface area contributed by atoms with Crippen LogP contribution in [0.25, 0.3) is 0 Å². The minimum Gasteiger partial charge on any atom is -0.466 e. The standard InChI is InChI=1S/C9H19NO5S/c1-4-14-9(11)5-6-16(12,13)10-15-7-8(2)3/h8,10H,4-7H2,1-3H3. The molecule has 0 aromatic carbocycles. The minimum absolute atomic E-state index is 0.172. The van der Waals surface area contributed by atoms with E-state index < -0.39 is 16.0 Å². The molecule has 0 saturated carbocycles. The summed E-state index contributed by atoms with van der Waals surface area (Å²) in [5.74, 6) is -0.631. The van der Waals surface area contributed by atoms with Crippen LogP contribution in [-0.4, -0.2) is 33.4 Å². The van der Waals surface area contributed by atoms with Crippen molar-refractivity contribution >= 4 is 16.0 Å². The Balaban J connectivity index is 3.83. The number of esters is 1. The van der Waals surface area contributed by atoms with Crippen molar-refractivity contribution in [3.05, 3.63) is 0 Å². The molecule has 16 heavy (non-hydrogen) atoms. The van der Waals surface area contributed by atoms with Gasteiger partial charge in [0.05, 0.1) is 25.4 Å². The molecule has 0 atom stereocenters. The third-order valence-electron chi connectivity index (χ3n) is 1.48. The van der Waals surface area contributed by atoms with Crippen LogP contribution >= 0.6 is 0 Å². The first-order chi connectivity index (χ1) is 7.37. The summed E-state index contributed by atoms with van der Waals surface area (Å²) < 4.78 is 27.2. The highest BCUT2D eigenvalue weighted by Gasteiger charge is 2.14. The van der Waals surface area contributed by atoms with Crippen LogP contribution in [0.1, 0.15) is 27.2 Å². The summed E-state index contributed by atoms with van der Waals surface area (Å²) in [6.07, 6.45) is -0.172. The third kappa shape index (κ3) is 8.63. The smallest absolute Gasteiger partial charge is 0.306 e. The molecular formula is C9H19NO5S. The lowest BCUT2D eigenvalue weighted by atomic mass is 10.2. The summed E-state index contributed by atoms with van der Waals surface area (Å²) in [7, 11) is -3.56. The van der Waals surface area contributed by atoms with E-state index in [-0.39, 0.29) is 24.7 Å². The van der Waals surface area contributed by atoms with Crippen LogP contribution in [0, 0.1) is 5.92 Å². The molecule has 0 aromatic rings. The molecule has 0 spiro atoms. The predicted octanol–water partition coefficient (Wildman–Crippen LogP) is 0.447. The SMILES string of the molecule is CCOC(=O)CCS(=O)(=O)NOCC(C)C. The topological polar surface area (TPSA) is 81.7 Å². The maximum Gasteiger partial charge on any atom is 0.306 e. The van der Waals surface area contributed by atoms with E-state index in [4.69, 9.17) is 4.84 Å². The lowest BCUT2D eigenvalue weighted by Crippen LogP contribution is -2.29. The summed E-state index contributed by atoms with van der Waals surface area (Å²) in [6, 6.07) is 0. The van der Waals surface area contributed by atoms with Crippen LogP contribution in [-0.2, 0) is 24.4 Å². The monoisotopic (exact) mass is 253 g/mol. The van der Waals surface area contributed by atoms with Crippen molar-refractivity contribution in [1.29, 1.82) is 0 Å². The van der Waals surface area contributed by atoms with E-state index in [1.807, 2.05) is 18.7 Å². The molecule has 7 heteroatoms. The van der Waals surface area contributed by atoms with E-state index >= 15 is 0 Å². The Bertz CT molecular complexity index is 299. The summed E-state index contributed by atoms with van der Waals surface area (Å²) >= 11 is 0. The molecule has 96 valence electrons. The zero-order valence-corrected chi connectivity index (χ0v) is 10.7. The Labute approximate surface area is 96.3 Å². The average molecular weight is 253 g/mol. The first-order valence-electron chi connectivity index (χ1n) is 5.14. The lowest BCUT2D eigenvalue weighted by molar-refractivity contribution is -0.142. The van der Waals surface area contributed by atoms with Crippen molar-refractivity contribution < 1.29 is 22.8 Å². The molecule has 0 radical (unpaired) electrons. The highest BCUT2D eigenvalue weighted by Crippen LogP contribution is 1.95. The van der Waals surface area contributed by atoms with Gasteiger partial charge in [0.15, 0.2) is 0 Å². The summed E-state index contributed by atoms with van der Waals surface area (Å²) in [6.45, 7) is 5.99. The molecule has 0 unspecified atom stereocenters. The van der Waals surface area contributed by atoms with Gasteiger partial charge in [-0.25, -0.2) is 8.42 Å². The fraction of sp³-hybridized carbons (Fsp3) is 0.889. The number of ether oxygens (including phenoxy) is 1. The molecule has 0 amide bonds. The van der Waals surface area contributed by atoms with Gasteiger partial charge in [0.25, 0.3) is 0 Å². The van der Waals surface area contributed by atoms with E-state index in [9.17, 15) is 13.2 Å². The zero-order chi connectivity index (χ0) is 12.6. The van der Waals surface area contributed by atoms with Crippen molar-refractivity contribution in [2.24, 2.45) is 5.92 Å². The van der Waals surface area contributed by atoms with Crippen LogP contribution in [0.4, 0.5) is 0 Å². The number of hydrogen-bond donors (Lipinski definition) is 1. The molecule has 0 fully saturated rings. The summed E-state index contributed by atoms with van der Waals surface area (Å²) in [5.41, 5.74) is 0. The first-order valence-corrected chi connectivity index (χ1v) is 6.79. The Kier molecular flexibility index (Phi) is 7.27. The molecule has 0 aliphatic carbocycles. The van der Waals surface area contributed by atoms with E-state index in [0.29, 0.717) is 6.61 Å². The molecule has 6 nitrogen and oxygen atoms in total. The second kappa shape index (κ2) is 7.59. The van der Waals surface area contributed by atoms with Gasteiger partial charge in [-0.15, -0.1) is 0 Å². The second-order valence-electron chi connectivity index (χ2n) is 3.66. The van der Waals surface area contributed by atoms with Crippen molar-refractivity contribution in [1.82, 2.24) is 4.89 Å². The number of hydrogen-bond acceptors (Lipinski definition) is 5. The molecular weight excluding hydrogens is 234 g/mol. The highest BCUT2D eigenvalue weighted by molar-refractivity contribution is 7.89. The Morgan fingerprint density at radius 2 is 2.00 bits per heavy atom. The van der Waals surface area contributed by atoms with Gasteiger partial charge in [0.1, 0.15) is 0 Å². The Morgan fingerprint density at radius 1 is 1.38 bits per heavy atom. The fourth-order valence-corrected chi connectivity index (χ4v) is 1.55. The average Bonchev–Trinajstić information content (AvgIpc) is 2.14. The largest absolute Gasteiger partial charge is 0.466 e. The van der Waals surface area contributed by atoms with E-state index in [1.54, 1.807) is 6.92 Å². The predicted molar refractivity (Wildman–Crippen MR) is 59.0 cm³/mol. The number of rotatable bonds is 8. The lowest BCUT2D eigenvalue weighted by Gasteiger charge is -2.08. The van der Waals surface area contributed by atoms with Gasteiger partial charge in [-0.2, -0.15) is 0 Å². The minimum atomic E-state index is -3.56. The molecule has 0 aliphatic rings. The van der Waals surface area contributed by atoms with Crippen molar-refractivity contribution in [2.45, 2.75) is 27.2 Å². The Morgan fingerprint density at radius 3 is 2.50 bits per heavy atom. The van der Waals surface area contributed by atoms with Crippen molar-refractivity contribution in [3.8, 4) is 0 Å². The van der Waals surface area contributed by atoms with Crippen LogP contribution in [0.2, 0.25) is 0 Å². The van der Waals surface area contributed by atoms with Crippen LogP contribution in [0.3, 0.4) is 0 Å². The summed E-state index contributed by atoms with van der Waals surface area (Å²) in [4.78, 5) is 17.6.